The minimum Gasteiger partial charge on any atom is -0.309 e. The monoisotopic (exact) mass is 720 g/mol. The Morgan fingerprint density at radius 2 is 0.893 bits per heavy atom. The third-order valence-corrected chi connectivity index (χ3v) is 13.0. The van der Waals surface area contributed by atoms with E-state index in [0.717, 1.165) is 0 Å². The Morgan fingerprint density at radius 3 is 1.62 bits per heavy atom. The Hall–Kier alpha value is -6.38. The lowest BCUT2D eigenvalue weighted by Crippen LogP contribution is -2.33. The normalized spacial score (nSPS) is 14.9. The van der Waals surface area contributed by atoms with Gasteiger partial charge in [0.05, 0.1) is 22.1 Å². The molecule has 11 rings (SSSR count). The van der Waals surface area contributed by atoms with Crippen LogP contribution in [0.3, 0.4) is 0 Å². The van der Waals surface area contributed by atoms with Gasteiger partial charge in [0, 0.05) is 32.9 Å². The molecule has 0 unspecified atom stereocenters. The predicted molar refractivity (Wildman–Crippen MR) is 239 cm³/mol. The molecule has 1 aliphatic rings. The van der Waals surface area contributed by atoms with Crippen LogP contribution in [0.2, 0.25) is 0 Å². The van der Waals surface area contributed by atoms with Crippen LogP contribution >= 0.6 is 0 Å². The molecule has 0 saturated carbocycles. The van der Waals surface area contributed by atoms with Gasteiger partial charge in [0.15, 0.2) is 0 Å². The highest BCUT2D eigenvalue weighted by molar-refractivity contribution is 6.25. The summed E-state index contributed by atoms with van der Waals surface area (Å²) in [7, 11) is 0. The summed E-state index contributed by atoms with van der Waals surface area (Å²) in [5.41, 5.74) is 15.4. The number of rotatable bonds is 4. The van der Waals surface area contributed by atoms with E-state index >= 15 is 0 Å². The lowest BCUT2D eigenvalue weighted by Gasteiger charge is -2.42. The largest absolute Gasteiger partial charge is 0.309 e. The molecule has 8 aromatic carbocycles. The molecule has 0 amide bonds. The fourth-order valence-electron chi connectivity index (χ4n) is 9.80. The van der Waals surface area contributed by atoms with Gasteiger partial charge in [-0.05, 0) is 128 Å². The third kappa shape index (κ3) is 4.95. The van der Waals surface area contributed by atoms with Crippen molar-refractivity contribution in [2.45, 2.75) is 51.4 Å². The van der Waals surface area contributed by atoms with Crippen LogP contribution in [-0.4, -0.2) is 9.13 Å². The van der Waals surface area contributed by atoms with Gasteiger partial charge in [0.1, 0.15) is 0 Å². The number of aromatic nitrogens is 2. The maximum absolute atomic E-state index is 2.56. The number of para-hydroxylation sites is 1. The molecule has 0 fully saturated rings. The van der Waals surface area contributed by atoms with Gasteiger partial charge in [-0.2, -0.15) is 0 Å². The average molecular weight is 721 g/mol. The molecule has 10 aromatic rings. The standard InChI is InChI=1S/C54H44N2/c1-53(2)28-29-54(3,4)47-33-49-44(32-46(47)53)43-31-45-51(55(40-19-9-6-10-20-40)48-27-24-37-16-11-12-21-42(37)52(45)48)34-50(43)56(49)41-25-22-36(23-26-41)39-18-13-17-38(30-39)35-14-7-5-8-15-35/h5-27,30-34H,28-29H2,1-4H3. The molecule has 2 aromatic heterocycles. The molecule has 2 heterocycles. The van der Waals surface area contributed by atoms with Crippen molar-refractivity contribution >= 4 is 54.4 Å². The SMILES string of the molecule is CC1(C)CCC(C)(C)c2cc3c(cc21)c1cc2c4c5ccccc5ccc4n(-c4ccccc4)c2cc1n3-c1ccc(-c2cccc(-c3ccccc3)c2)cc1. The molecule has 2 heteroatoms. The van der Waals surface area contributed by atoms with Crippen molar-refractivity contribution in [2.75, 3.05) is 0 Å². The second kappa shape index (κ2) is 12.1. The predicted octanol–water partition coefficient (Wildman–Crippen LogP) is 14.7. The molecule has 0 saturated heterocycles. The molecule has 56 heavy (non-hydrogen) atoms. The van der Waals surface area contributed by atoms with E-state index in [1.165, 1.54) is 112 Å². The van der Waals surface area contributed by atoms with Crippen LogP contribution < -0.4 is 0 Å². The van der Waals surface area contributed by atoms with E-state index in [0.29, 0.717) is 0 Å². The smallest absolute Gasteiger partial charge is 0.0562 e. The molecule has 0 radical (unpaired) electrons. The minimum atomic E-state index is 0.0949. The highest BCUT2D eigenvalue weighted by Crippen LogP contribution is 2.49. The quantitative estimate of drug-likeness (QED) is 0.171. The zero-order valence-corrected chi connectivity index (χ0v) is 32.5. The average Bonchev–Trinajstić information content (AvgIpc) is 3.73. The van der Waals surface area contributed by atoms with Gasteiger partial charge in [0.25, 0.3) is 0 Å². The molecule has 0 atom stereocenters. The zero-order valence-electron chi connectivity index (χ0n) is 32.5. The lowest BCUT2D eigenvalue weighted by atomic mass is 9.63. The molecule has 1 aliphatic carbocycles. The Kier molecular flexibility index (Phi) is 7.11. The summed E-state index contributed by atoms with van der Waals surface area (Å²) < 4.78 is 5.01. The second-order valence-electron chi connectivity index (χ2n) is 17.3. The number of hydrogen-bond acceptors (Lipinski definition) is 0. The Morgan fingerprint density at radius 1 is 0.357 bits per heavy atom. The molecule has 0 spiro atoms. The van der Waals surface area contributed by atoms with Crippen LogP contribution in [0, 0.1) is 0 Å². The second-order valence-corrected chi connectivity index (χ2v) is 17.3. The fraction of sp³-hybridized carbons (Fsp3) is 0.148. The summed E-state index contributed by atoms with van der Waals surface area (Å²) >= 11 is 0. The van der Waals surface area contributed by atoms with Gasteiger partial charge in [0.2, 0.25) is 0 Å². The maximum Gasteiger partial charge on any atom is 0.0562 e. The summed E-state index contributed by atoms with van der Waals surface area (Å²) in [6, 6.07) is 63.2. The van der Waals surface area contributed by atoms with Crippen molar-refractivity contribution < 1.29 is 0 Å². The van der Waals surface area contributed by atoms with Gasteiger partial charge in [-0.15, -0.1) is 0 Å². The molecule has 0 N–H and O–H groups in total. The fourth-order valence-corrected chi connectivity index (χ4v) is 9.80. The first-order valence-electron chi connectivity index (χ1n) is 20.1. The Balaban J connectivity index is 1.21. The van der Waals surface area contributed by atoms with Crippen molar-refractivity contribution in [2.24, 2.45) is 0 Å². The van der Waals surface area contributed by atoms with Crippen LogP contribution in [-0.2, 0) is 10.8 Å². The van der Waals surface area contributed by atoms with Crippen molar-refractivity contribution in [3.05, 3.63) is 181 Å². The summed E-state index contributed by atoms with van der Waals surface area (Å²) in [4.78, 5) is 0. The van der Waals surface area contributed by atoms with Crippen LogP contribution in [0.25, 0.3) is 88.0 Å². The van der Waals surface area contributed by atoms with E-state index < -0.39 is 0 Å². The van der Waals surface area contributed by atoms with Gasteiger partial charge >= 0.3 is 0 Å². The lowest BCUT2D eigenvalue weighted by molar-refractivity contribution is 0.332. The van der Waals surface area contributed by atoms with Gasteiger partial charge in [-0.1, -0.05) is 137 Å². The van der Waals surface area contributed by atoms with Gasteiger partial charge in [-0.25, -0.2) is 0 Å². The van der Waals surface area contributed by atoms with E-state index in [2.05, 4.69) is 207 Å². The number of nitrogens with zero attached hydrogens (tertiary/aromatic N) is 2. The highest BCUT2D eigenvalue weighted by atomic mass is 15.0. The van der Waals surface area contributed by atoms with E-state index in [1.807, 2.05) is 0 Å². The Bertz CT molecular complexity index is 3160. The number of hydrogen-bond donors (Lipinski definition) is 0. The molecular weight excluding hydrogens is 677 g/mol. The molecular formula is C54H44N2. The summed E-state index contributed by atoms with van der Waals surface area (Å²) in [6.45, 7) is 9.75. The minimum absolute atomic E-state index is 0.0949. The summed E-state index contributed by atoms with van der Waals surface area (Å²) in [5, 5.41) is 7.78. The first kappa shape index (κ1) is 33.0. The van der Waals surface area contributed by atoms with Crippen LogP contribution in [0.5, 0.6) is 0 Å². The topological polar surface area (TPSA) is 9.86 Å². The van der Waals surface area contributed by atoms with Crippen LogP contribution in [0.15, 0.2) is 170 Å². The van der Waals surface area contributed by atoms with Crippen LogP contribution in [0.1, 0.15) is 51.7 Å². The highest BCUT2D eigenvalue weighted by Gasteiger charge is 2.38. The number of fused-ring (bicyclic) bond motifs is 9. The maximum atomic E-state index is 2.56. The van der Waals surface area contributed by atoms with Gasteiger partial charge < -0.3 is 9.13 Å². The molecule has 2 nitrogen and oxygen atoms in total. The Labute approximate surface area is 328 Å². The van der Waals surface area contributed by atoms with Crippen molar-refractivity contribution in [1.29, 1.82) is 0 Å². The molecule has 270 valence electrons. The summed E-state index contributed by atoms with van der Waals surface area (Å²) in [5.74, 6) is 0. The van der Waals surface area contributed by atoms with E-state index in [1.54, 1.807) is 0 Å². The number of benzene rings is 8. The molecule has 0 bridgehead atoms. The first-order valence-corrected chi connectivity index (χ1v) is 20.1. The third-order valence-electron chi connectivity index (χ3n) is 13.0. The zero-order chi connectivity index (χ0) is 37.8. The van der Waals surface area contributed by atoms with E-state index in [9.17, 15) is 0 Å². The summed E-state index contributed by atoms with van der Waals surface area (Å²) in [6.07, 6.45) is 2.37. The molecule has 0 aliphatic heterocycles. The van der Waals surface area contributed by atoms with E-state index in [4.69, 9.17) is 0 Å². The van der Waals surface area contributed by atoms with Crippen molar-refractivity contribution in [3.8, 4) is 33.6 Å². The van der Waals surface area contributed by atoms with Crippen molar-refractivity contribution in [3.63, 3.8) is 0 Å². The van der Waals surface area contributed by atoms with Crippen LogP contribution in [0.4, 0.5) is 0 Å². The van der Waals surface area contributed by atoms with E-state index in [-0.39, 0.29) is 10.8 Å². The van der Waals surface area contributed by atoms with Gasteiger partial charge in [-0.3, -0.25) is 0 Å². The first-order chi connectivity index (χ1) is 27.2. The van der Waals surface area contributed by atoms with Crippen molar-refractivity contribution in [1.82, 2.24) is 9.13 Å².